The van der Waals surface area contributed by atoms with E-state index in [9.17, 15) is 0 Å². The van der Waals surface area contributed by atoms with Crippen LogP contribution in [0, 0.1) is 0 Å². The average molecular weight is 102 g/mol. The molecule has 0 rings (SSSR count). The lowest BCUT2D eigenvalue weighted by Gasteiger charge is -1.74. The van der Waals surface area contributed by atoms with Gasteiger partial charge in [-0.05, 0) is 0 Å². The predicted octanol–water partition coefficient (Wildman–Crippen LogP) is 0.593. The number of hydrogen-bond acceptors (Lipinski definition) is 2. The molecule has 0 saturated carbocycles. The van der Waals surface area contributed by atoms with E-state index in [0.29, 0.717) is 0 Å². The van der Waals surface area contributed by atoms with E-state index in [4.69, 9.17) is 0 Å². The van der Waals surface area contributed by atoms with E-state index in [-0.39, 0.29) is 0 Å². The number of aliphatic imine (C=N–C) groups is 1. The molecular formula is C3H6N2S. The Kier molecular flexibility index (Phi) is 4.23. The highest BCUT2D eigenvalue weighted by Gasteiger charge is 1.50. The van der Waals surface area contributed by atoms with Gasteiger partial charge in [0.15, 0.2) is 0 Å². The molecule has 0 aliphatic rings. The van der Waals surface area contributed by atoms with E-state index in [1.54, 1.807) is 0 Å². The highest BCUT2D eigenvalue weighted by atomic mass is 32.1. The molecule has 0 bridgehead atoms. The van der Waals surface area contributed by atoms with Crippen LogP contribution >= 0.6 is 12.8 Å². The molecule has 6 heavy (non-hydrogen) atoms. The first-order valence-corrected chi connectivity index (χ1v) is 1.88. The van der Waals surface area contributed by atoms with Gasteiger partial charge in [-0.25, -0.2) is 4.99 Å². The standard InChI is InChI=1S/C3H6N2S/c1-2-4-3-5-6/h2-3,6H,1H2,(H,4,5). The summed E-state index contributed by atoms with van der Waals surface area (Å²) in [6.07, 6.45) is 2.85. The zero-order valence-corrected chi connectivity index (χ0v) is 4.15. The molecule has 0 aliphatic heterocycles. The lowest BCUT2D eigenvalue weighted by Crippen LogP contribution is -1.89. The summed E-state index contributed by atoms with van der Waals surface area (Å²) in [6, 6.07) is 0. The molecule has 0 aromatic heterocycles. The van der Waals surface area contributed by atoms with Gasteiger partial charge in [0.2, 0.25) is 0 Å². The number of rotatable bonds is 2. The summed E-state index contributed by atoms with van der Waals surface area (Å²) in [5.74, 6) is 0. The fraction of sp³-hybridized carbons (Fsp3) is 0. The lowest BCUT2D eigenvalue weighted by molar-refractivity contribution is 1.52. The molecule has 0 amide bonds. The van der Waals surface area contributed by atoms with Gasteiger partial charge < -0.3 is 4.72 Å². The van der Waals surface area contributed by atoms with Crippen LogP contribution in [0.4, 0.5) is 0 Å². The molecule has 0 aromatic rings. The second kappa shape index (κ2) is 4.56. The second-order valence-electron chi connectivity index (χ2n) is 0.590. The molecule has 0 fully saturated rings. The zero-order chi connectivity index (χ0) is 4.83. The minimum absolute atomic E-state index is 1.42. The fourth-order valence-corrected chi connectivity index (χ4v) is 0.153. The van der Waals surface area contributed by atoms with Crippen LogP contribution in [0.15, 0.2) is 17.8 Å². The minimum atomic E-state index is 1.42. The van der Waals surface area contributed by atoms with Gasteiger partial charge in [-0.3, -0.25) is 0 Å². The van der Waals surface area contributed by atoms with Gasteiger partial charge in [-0.15, -0.1) is 0 Å². The molecule has 0 unspecified atom stereocenters. The van der Waals surface area contributed by atoms with E-state index in [0.717, 1.165) is 0 Å². The van der Waals surface area contributed by atoms with Crippen molar-refractivity contribution >= 4 is 19.2 Å². The van der Waals surface area contributed by atoms with Gasteiger partial charge >= 0.3 is 0 Å². The van der Waals surface area contributed by atoms with Crippen molar-refractivity contribution in [1.82, 2.24) is 4.72 Å². The fourth-order valence-electron chi connectivity index (χ4n) is 0.0860. The van der Waals surface area contributed by atoms with Crippen LogP contribution in [0.3, 0.4) is 0 Å². The molecule has 0 spiro atoms. The van der Waals surface area contributed by atoms with E-state index >= 15 is 0 Å². The monoisotopic (exact) mass is 102 g/mol. The van der Waals surface area contributed by atoms with Crippen LogP contribution in [0.25, 0.3) is 0 Å². The molecule has 0 heterocycles. The van der Waals surface area contributed by atoms with E-state index in [1.807, 2.05) is 0 Å². The van der Waals surface area contributed by atoms with E-state index < -0.39 is 0 Å². The maximum atomic E-state index is 3.61. The summed E-state index contributed by atoms with van der Waals surface area (Å²) in [5.41, 5.74) is 0. The van der Waals surface area contributed by atoms with Crippen LogP contribution in [0.2, 0.25) is 0 Å². The number of hydrogen-bond donors (Lipinski definition) is 2. The molecule has 34 valence electrons. The van der Waals surface area contributed by atoms with Crippen molar-refractivity contribution in [2.75, 3.05) is 0 Å². The molecule has 0 aromatic carbocycles. The highest BCUT2D eigenvalue weighted by molar-refractivity contribution is 7.78. The summed E-state index contributed by atoms with van der Waals surface area (Å²) in [5, 5.41) is 0. The van der Waals surface area contributed by atoms with Crippen LogP contribution < -0.4 is 4.72 Å². The van der Waals surface area contributed by atoms with Crippen LogP contribution in [0.5, 0.6) is 0 Å². The molecule has 0 radical (unpaired) electrons. The molecule has 2 nitrogen and oxygen atoms in total. The first-order valence-electron chi connectivity index (χ1n) is 1.44. The molecule has 0 aliphatic carbocycles. The quantitative estimate of drug-likeness (QED) is 0.298. The van der Waals surface area contributed by atoms with Crippen molar-refractivity contribution in [1.29, 1.82) is 0 Å². The first kappa shape index (κ1) is 5.56. The Bertz CT molecular complexity index is 59.8. The lowest BCUT2D eigenvalue weighted by atomic mass is 11.0. The number of nitrogens with one attached hydrogen (secondary N) is 1. The maximum absolute atomic E-state index is 3.61. The normalized spacial score (nSPS) is 8.83. The third-order valence-electron chi connectivity index (χ3n) is 0.238. The Balaban J connectivity index is 2.94. The van der Waals surface area contributed by atoms with Gasteiger partial charge in [0.1, 0.15) is 0 Å². The number of nitrogens with zero attached hydrogens (tertiary/aromatic N) is 1. The smallest absolute Gasteiger partial charge is 0.0975 e. The Labute approximate surface area is 42.5 Å². The highest BCUT2D eigenvalue weighted by Crippen LogP contribution is 1.59. The van der Waals surface area contributed by atoms with Crippen molar-refractivity contribution in [3.05, 3.63) is 12.8 Å². The van der Waals surface area contributed by atoms with Crippen molar-refractivity contribution in [3.63, 3.8) is 0 Å². The van der Waals surface area contributed by atoms with Gasteiger partial charge in [-0.1, -0.05) is 19.4 Å². The van der Waals surface area contributed by atoms with Crippen molar-refractivity contribution in [3.8, 4) is 0 Å². The molecule has 1 N–H and O–H groups in total. The van der Waals surface area contributed by atoms with Crippen molar-refractivity contribution in [2.24, 2.45) is 4.99 Å². The Morgan fingerprint density at radius 3 is 2.67 bits per heavy atom. The third-order valence-corrected chi connectivity index (χ3v) is 0.353. The largest absolute Gasteiger partial charge is 0.323 e. The predicted molar refractivity (Wildman–Crippen MR) is 30.8 cm³/mol. The van der Waals surface area contributed by atoms with Crippen LogP contribution in [0.1, 0.15) is 0 Å². The zero-order valence-electron chi connectivity index (χ0n) is 3.26. The van der Waals surface area contributed by atoms with Gasteiger partial charge in [0, 0.05) is 6.20 Å². The van der Waals surface area contributed by atoms with Crippen LogP contribution in [-0.4, -0.2) is 6.34 Å². The molecule has 0 saturated heterocycles. The maximum Gasteiger partial charge on any atom is 0.0975 e. The van der Waals surface area contributed by atoms with Crippen molar-refractivity contribution in [2.45, 2.75) is 0 Å². The second-order valence-corrected chi connectivity index (χ2v) is 0.848. The topological polar surface area (TPSA) is 24.4 Å². The summed E-state index contributed by atoms with van der Waals surface area (Å²) in [7, 11) is 0. The minimum Gasteiger partial charge on any atom is -0.323 e. The van der Waals surface area contributed by atoms with E-state index in [2.05, 4.69) is 29.1 Å². The molecule has 0 atom stereocenters. The number of thiol groups is 1. The summed E-state index contributed by atoms with van der Waals surface area (Å²) >= 11 is 3.61. The SMILES string of the molecule is C=CN=CNS. The average Bonchev–Trinajstić information content (AvgIpc) is 1.61. The summed E-state index contributed by atoms with van der Waals surface area (Å²) in [4.78, 5) is 3.54. The Hall–Kier alpha value is -0.440. The summed E-state index contributed by atoms with van der Waals surface area (Å²) in [6.45, 7) is 3.33. The third kappa shape index (κ3) is 3.56. The van der Waals surface area contributed by atoms with Gasteiger partial charge in [0.05, 0.1) is 6.34 Å². The summed E-state index contributed by atoms with van der Waals surface area (Å²) < 4.78 is 2.40. The molecular weight excluding hydrogens is 96.1 g/mol. The Morgan fingerprint density at radius 2 is 2.50 bits per heavy atom. The van der Waals surface area contributed by atoms with Crippen LogP contribution in [-0.2, 0) is 0 Å². The Morgan fingerprint density at radius 1 is 1.83 bits per heavy atom. The van der Waals surface area contributed by atoms with Gasteiger partial charge in [0.25, 0.3) is 0 Å². The van der Waals surface area contributed by atoms with Gasteiger partial charge in [-0.2, -0.15) is 0 Å². The first-order chi connectivity index (χ1) is 2.91. The van der Waals surface area contributed by atoms with E-state index in [1.165, 1.54) is 12.5 Å². The van der Waals surface area contributed by atoms with Crippen molar-refractivity contribution < 1.29 is 0 Å². The molecule has 3 heteroatoms.